The summed E-state index contributed by atoms with van der Waals surface area (Å²) in [6, 6.07) is 7.06. The first kappa shape index (κ1) is 10.4. The lowest BCUT2D eigenvalue weighted by atomic mass is 10.1. The summed E-state index contributed by atoms with van der Waals surface area (Å²) in [5, 5.41) is 9.70. The predicted octanol–water partition coefficient (Wildman–Crippen LogP) is 1.09. The van der Waals surface area contributed by atoms with Crippen LogP contribution in [-0.4, -0.2) is 21.8 Å². The molecule has 0 aliphatic heterocycles. The Morgan fingerprint density at radius 2 is 1.94 bits per heavy atom. The van der Waals surface area contributed by atoms with Crippen LogP contribution < -0.4 is 10.4 Å². The van der Waals surface area contributed by atoms with Crippen LogP contribution in [0.5, 0.6) is 11.6 Å². The fourth-order valence-electron chi connectivity index (χ4n) is 1.47. The largest absolute Gasteiger partial charge is 0.497 e. The van der Waals surface area contributed by atoms with Crippen molar-refractivity contribution >= 4 is 0 Å². The maximum atomic E-state index is 11.3. The summed E-state index contributed by atoms with van der Waals surface area (Å²) in [4.78, 5) is 13.9. The van der Waals surface area contributed by atoms with Crippen molar-refractivity contribution in [2.24, 2.45) is 7.05 Å². The Morgan fingerprint density at radius 3 is 2.38 bits per heavy atom. The molecule has 2 N–H and O–H groups in total. The van der Waals surface area contributed by atoms with Gasteiger partial charge in [0.2, 0.25) is 5.88 Å². The average Bonchev–Trinajstić information content (AvgIpc) is 2.57. The fourth-order valence-corrected chi connectivity index (χ4v) is 1.47. The standard InChI is InChI=1S/C11H12N2O3/c1-13-10(14)9(12-11(13)15)7-3-5-8(16-2)6-4-7/h3-6,14H,1-2H3,(H,12,15). The van der Waals surface area contributed by atoms with Crippen LogP contribution in [0.4, 0.5) is 0 Å². The van der Waals surface area contributed by atoms with Gasteiger partial charge in [-0.3, -0.25) is 4.57 Å². The second-order valence-electron chi connectivity index (χ2n) is 3.42. The van der Waals surface area contributed by atoms with Crippen molar-refractivity contribution in [1.82, 2.24) is 9.55 Å². The molecule has 5 nitrogen and oxygen atoms in total. The molecule has 0 radical (unpaired) electrons. The Labute approximate surface area is 91.9 Å². The predicted molar refractivity (Wildman–Crippen MR) is 59.7 cm³/mol. The quantitative estimate of drug-likeness (QED) is 0.796. The van der Waals surface area contributed by atoms with E-state index in [1.54, 1.807) is 31.4 Å². The molecule has 0 fully saturated rings. The van der Waals surface area contributed by atoms with Gasteiger partial charge in [0.05, 0.1) is 7.11 Å². The first-order valence-electron chi connectivity index (χ1n) is 4.76. The number of methoxy groups -OCH3 is 1. The van der Waals surface area contributed by atoms with Crippen LogP contribution in [0.3, 0.4) is 0 Å². The van der Waals surface area contributed by atoms with E-state index in [1.165, 1.54) is 7.05 Å². The first-order valence-corrected chi connectivity index (χ1v) is 4.76. The summed E-state index contributed by atoms with van der Waals surface area (Å²) >= 11 is 0. The molecular formula is C11H12N2O3. The molecule has 1 aromatic heterocycles. The Kier molecular flexibility index (Phi) is 2.44. The molecule has 1 heterocycles. The molecule has 5 heteroatoms. The maximum absolute atomic E-state index is 11.3. The van der Waals surface area contributed by atoms with Gasteiger partial charge in [-0.25, -0.2) is 4.79 Å². The number of hydrogen-bond donors (Lipinski definition) is 2. The number of nitrogens with zero attached hydrogens (tertiary/aromatic N) is 1. The third-order valence-electron chi connectivity index (χ3n) is 2.46. The second-order valence-corrected chi connectivity index (χ2v) is 3.42. The van der Waals surface area contributed by atoms with Crippen LogP contribution in [-0.2, 0) is 7.05 Å². The molecule has 2 rings (SSSR count). The van der Waals surface area contributed by atoms with Gasteiger partial charge in [0.1, 0.15) is 11.4 Å². The molecule has 0 spiro atoms. The molecule has 16 heavy (non-hydrogen) atoms. The molecule has 0 aliphatic carbocycles. The molecule has 0 saturated heterocycles. The number of aromatic amines is 1. The zero-order valence-corrected chi connectivity index (χ0v) is 9.02. The Hall–Kier alpha value is -2.17. The van der Waals surface area contributed by atoms with Crippen molar-refractivity contribution in [2.45, 2.75) is 0 Å². The maximum Gasteiger partial charge on any atom is 0.328 e. The third-order valence-corrected chi connectivity index (χ3v) is 2.46. The highest BCUT2D eigenvalue weighted by atomic mass is 16.5. The summed E-state index contributed by atoms with van der Waals surface area (Å²) in [6.45, 7) is 0. The van der Waals surface area contributed by atoms with E-state index in [2.05, 4.69) is 4.98 Å². The molecule has 1 aromatic carbocycles. The minimum absolute atomic E-state index is 0.0739. The van der Waals surface area contributed by atoms with E-state index in [1.807, 2.05) is 0 Å². The molecule has 84 valence electrons. The van der Waals surface area contributed by atoms with Gasteiger partial charge >= 0.3 is 5.69 Å². The second kappa shape index (κ2) is 3.77. The topological polar surface area (TPSA) is 67.2 Å². The van der Waals surface area contributed by atoms with E-state index < -0.39 is 0 Å². The van der Waals surface area contributed by atoms with Crippen molar-refractivity contribution in [3.05, 3.63) is 34.7 Å². The number of benzene rings is 1. The molecule has 2 aromatic rings. The Bertz CT molecular complexity index is 552. The lowest BCUT2D eigenvalue weighted by Gasteiger charge is -2.02. The van der Waals surface area contributed by atoms with Crippen LogP contribution >= 0.6 is 0 Å². The number of hydrogen-bond acceptors (Lipinski definition) is 3. The van der Waals surface area contributed by atoms with Gasteiger partial charge < -0.3 is 14.8 Å². The van der Waals surface area contributed by atoms with Crippen molar-refractivity contribution in [2.75, 3.05) is 7.11 Å². The number of rotatable bonds is 2. The van der Waals surface area contributed by atoms with Crippen LogP contribution in [0.15, 0.2) is 29.1 Å². The van der Waals surface area contributed by atoms with E-state index >= 15 is 0 Å². The van der Waals surface area contributed by atoms with E-state index in [0.29, 0.717) is 5.69 Å². The highest BCUT2D eigenvalue weighted by Gasteiger charge is 2.11. The highest BCUT2D eigenvalue weighted by Crippen LogP contribution is 2.26. The summed E-state index contributed by atoms with van der Waals surface area (Å²) in [5.41, 5.74) is 0.800. The van der Waals surface area contributed by atoms with Crippen LogP contribution in [0.1, 0.15) is 0 Å². The van der Waals surface area contributed by atoms with Gasteiger partial charge in [0.25, 0.3) is 0 Å². The zero-order valence-electron chi connectivity index (χ0n) is 9.02. The van der Waals surface area contributed by atoms with E-state index in [4.69, 9.17) is 4.74 Å². The number of ether oxygens (including phenoxy) is 1. The van der Waals surface area contributed by atoms with Gasteiger partial charge in [-0.15, -0.1) is 0 Å². The van der Waals surface area contributed by atoms with Crippen molar-refractivity contribution < 1.29 is 9.84 Å². The molecule has 0 aliphatic rings. The van der Waals surface area contributed by atoms with Gasteiger partial charge in [-0.2, -0.15) is 0 Å². The summed E-state index contributed by atoms with van der Waals surface area (Å²) in [7, 11) is 3.08. The number of nitrogens with one attached hydrogen (secondary N) is 1. The average molecular weight is 220 g/mol. The first-order chi connectivity index (χ1) is 7.63. The molecule has 0 unspecified atom stereocenters. The van der Waals surface area contributed by atoms with Gasteiger partial charge in [-0.05, 0) is 24.3 Å². The number of aromatic nitrogens is 2. The Balaban J connectivity index is 2.50. The number of H-pyrrole nitrogens is 1. The Morgan fingerprint density at radius 1 is 1.31 bits per heavy atom. The lowest BCUT2D eigenvalue weighted by Crippen LogP contribution is -2.11. The zero-order chi connectivity index (χ0) is 11.7. The molecule has 0 atom stereocenters. The molecule has 0 saturated carbocycles. The van der Waals surface area contributed by atoms with Crippen molar-refractivity contribution in [1.29, 1.82) is 0 Å². The van der Waals surface area contributed by atoms with Crippen molar-refractivity contribution in [3.63, 3.8) is 0 Å². The fraction of sp³-hybridized carbons (Fsp3) is 0.182. The molecular weight excluding hydrogens is 208 g/mol. The summed E-state index contributed by atoms with van der Waals surface area (Å²) in [5.74, 6) is 0.650. The van der Waals surface area contributed by atoms with Crippen LogP contribution in [0.2, 0.25) is 0 Å². The van der Waals surface area contributed by atoms with Gasteiger partial charge in [0, 0.05) is 12.6 Å². The summed E-state index contributed by atoms with van der Waals surface area (Å²) < 4.78 is 6.18. The van der Waals surface area contributed by atoms with E-state index in [-0.39, 0.29) is 11.6 Å². The van der Waals surface area contributed by atoms with Gasteiger partial charge in [-0.1, -0.05) is 0 Å². The van der Waals surface area contributed by atoms with E-state index in [9.17, 15) is 9.90 Å². The third kappa shape index (κ3) is 1.56. The van der Waals surface area contributed by atoms with Crippen LogP contribution in [0.25, 0.3) is 11.3 Å². The SMILES string of the molecule is COc1ccc(-c2[nH]c(=O)n(C)c2O)cc1. The van der Waals surface area contributed by atoms with Gasteiger partial charge in [0.15, 0.2) is 0 Å². The normalized spacial score (nSPS) is 10.4. The lowest BCUT2D eigenvalue weighted by molar-refractivity contribution is 0.415. The van der Waals surface area contributed by atoms with Crippen LogP contribution in [0, 0.1) is 0 Å². The highest BCUT2D eigenvalue weighted by molar-refractivity contribution is 5.64. The monoisotopic (exact) mass is 220 g/mol. The van der Waals surface area contributed by atoms with Crippen molar-refractivity contribution in [3.8, 4) is 22.9 Å². The van der Waals surface area contributed by atoms with E-state index in [0.717, 1.165) is 15.9 Å². The number of aromatic hydroxyl groups is 1. The molecule has 0 amide bonds. The minimum atomic E-state index is -0.344. The minimum Gasteiger partial charge on any atom is -0.497 e. The smallest absolute Gasteiger partial charge is 0.328 e. The number of imidazole rings is 1. The summed E-state index contributed by atoms with van der Waals surface area (Å²) in [6.07, 6.45) is 0. The molecule has 0 bridgehead atoms.